The number of hydrogen-bond acceptors (Lipinski definition) is 4. The van der Waals surface area contributed by atoms with E-state index in [-0.39, 0.29) is 35.9 Å². The lowest BCUT2D eigenvalue weighted by molar-refractivity contribution is -0.149. The Bertz CT molecular complexity index is 617. The number of carbonyl (C=O) groups is 1. The third-order valence-corrected chi connectivity index (χ3v) is 4.69. The van der Waals surface area contributed by atoms with Crippen LogP contribution in [0, 0.1) is 5.92 Å². The highest BCUT2D eigenvalue weighted by Gasteiger charge is 2.27. The molecule has 0 aliphatic carbocycles. The van der Waals surface area contributed by atoms with E-state index in [2.05, 4.69) is 34.3 Å². The number of esters is 1. The third kappa shape index (κ3) is 7.85. The molecule has 0 radical (unpaired) electrons. The molecule has 0 aromatic heterocycles. The van der Waals surface area contributed by atoms with Crippen molar-refractivity contribution in [3.63, 3.8) is 0 Å². The van der Waals surface area contributed by atoms with Crippen molar-refractivity contribution >= 4 is 35.9 Å². The molecule has 0 unspecified atom stereocenters. The average molecular weight is 503 g/mol. The SMILES string of the molecule is CCCOc1cccc(CCNC(=NC)N2CCC(C(=O)OCC)CC2)c1.I. The zero-order valence-corrected chi connectivity index (χ0v) is 19.6. The van der Waals surface area contributed by atoms with Gasteiger partial charge >= 0.3 is 5.97 Å². The summed E-state index contributed by atoms with van der Waals surface area (Å²) in [6.07, 6.45) is 3.54. The van der Waals surface area contributed by atoms with Gasteiger partial charge in [-0.2, -0.15) is 0 Å². The quantitative estimate of drug-likeness (QED) is 0.255. The molecule has 1 aromatic rings. The largest absolute Gasteiger partial charge is 0.494 e. The van der Waals surface area contributed by atoms with E-state index in [0.29, 0.717) is 6.61 Å². The minimum Gasteiger partial charge on any atom is -0.494 e. The standard InChI is InChI=1S/C21H33N3O3.HI/c1-4-15-27-19-8-6-7-17(16-19)9-12-23-21(22-3)24-13-10-18(11-14-24)20(25)26-5-2;/h6-8,16,18H,4-5,9-15H2,1-3H3,(H,22,23);1H. The van der Waals surface area contributed by atoms with Crippen molar-refractivity contribution in [2.24, 2.45) is 10.9 Å². The van der Waals surface area contributed by atoms with Crippen LogP contribution in [0.1, 0.15) is 38.7 Å². The summed E-state index contributed by atoms with van der Waals surface area (Å²) >= 11 is 0. The zero-order valence-electron chi connectivity index (χ0n) is 17.3. The van der Waals surface area contributed by atoms with Gasteiger partial charge < -0.3 is 19.7 Å². The summed E-state index contributed by atoms with van der Waals surface area (Å²) in [5.74, 6) is 1.78. The highest BCUT2D eigenvalue weighted by molar-refractivity contribution is 14.0. The molecule has 1 aliphatic rings. The highest BCUT2D eigenvalue weighted by atomic mass is 127. The Labute approximate surface area is 186 Å². The number of nitrogens with one attached hydrogen (secondary N) is 1. The minimum atomic E-state index is -0.0646. The second-order valence-electron chi connectivity index (χ2n) is 6.73. The van der Waals surface area contributed by atoms with Crippen LogP contribution < -0.4 is 10.1 Å². The predicted molar refractivity (Wildman–Crippen MR) is 124 cm³/mol. The molecular weight excluding hydrogens is 469 g/mol. The molecule has 1 aromatic carbocycles. The first-order valence-corrected chi connectivity index (χ1v) is 10.0. The van der Waals surface area contributed by atoms with Gasteiger partial charge in [-0.15, -0.1) is 24.0 Å². The monoisotopic (exact) mass is 503 g/mol. The fourth-order valence-electron chi connectivity index (χ4n) is 3.25. The maximum atomic E-state index is 11.9. The Hall–Kier alpha value is -1.51. The van der Waals surface area contributed by atoms with Crippen molar-refractivity contribution in [2.45, 2.75) is 39.5 Å². The maximum Gasteiger partial charge on any atom is 0.309 e. The smallest absolute Gasteiger partial charge is 0.309 e. The summed E-state index contributed by atoms with van der Waals surface area (Å²) in [4.78, 5) is 18.5. The molecular formula is C21H34IN3O3. The van der Waals surface area contributed by atoms with Crippen LogP contribution in [0.2, 0.25) is 0 Å². The number of nitrogens with zero attached hydrogens (tertiary/aromatic N) is 2. The van der Waals surface area contributed by atoms with Crippen LogP contribution in [0.4, 0.5) is 0 Å². The molecule has 2 rings (SSSR count). The number of hydrogen-bond donors (Lipinski definition) is 1. The molecule has 0 spiro atoms. The zero-order chi connectivity index (χ0) is 19.5. The van der Waals surface area contributed by atoms with E-state index in [0.717, 1.165) is 63.6 Å². The first-order chi connectivity index (χ1) is 13.2. The summed E-state index contributed by atoms with van der Waals surface area (Å²) in [5, 5.41) is 3.44. The number of aliphatic imine (C=N–C) groups is 1. The molecule has 0 atom stereocenters. The lowest BCUT2D eigenvalue weighted by Crippen LogP contribution is -2.47. The van der Waals surface area contributed by atoms with Gasteiger partial charge in [0.2, 0.25) is 0 Å². The van der Waals surface area contributed by atoms with Crippen LogP contribution in [-0.4, -0.2) is 56.7 Å². The lowest BCUT2D eigenvalue weighted by Gasteiger charge is -2.33. The van der Waals surface area contributed by atoms with Crippen LogP contribution >= 0.6 is 24.0 Å². The molecule has 7 heteroatoms. The Balaban J connectivity index is 0.00000392. The molecule has 0 saturated carbocycles. The second-order valence-corrected chi connectivity index (χ2v) is 6.73. The van der Waals surface area contributed by atoms with E-state index in [1.807, 2.05) is 19.1 Å². The molecule has 1 aliphatic heterocycles. The summed E-state index contributed by atoms with van der Waals surface area (Å²) in [6, 6.07) is 8.26. The van der Waals surface area contributed by atoms with E-state index in [9.17, 15) is 4.79 Å². The molecule has 1 heterocycles. The number of piperidine rings is 1. The van der Waals surface area contributed by atoms with Crippen molar-refractivity contribution in [2.75, 3.05) is 39.9 Å². The average Bonchev–Trinajstić information content (AvgIpc) is 2.70. The lowest BCUT2D eigenvalue weighted by atomic mass is 9.97. The van der Waals surface area contributed by atoms with E-state index >= 15 is 0 Å². The fraction of sp³-hybridized carbons (Fsp3) is 0.619. The van der Waals surface area contributed by atoms with Gasteiger partial charge in [0.25, 0.3) is 0 Å². The maximum absolute atomic E-state index is 11.9. The number of benzene rings is 1. The Morgan fingerprint density at radius 3 is 2.68 bits per heavy atom. The molecule has 0 bridgehead atoms. The molecule has 1 saturated heterocycles. The van der Waals surface area contributed by atoms with Gasteiger partial charge in [-0.1, -0.05) is 19.1 Å². The number of carbonyl (C=O) groups excluding carboxylic acids is 1. The van der Waals surface area contributed by atoms with E-state index < -0.39 is 0 Å². The van der Waals surface area contributed by atoms with Crippen molar-refractivity contribution in [3.8, 4) is 5.75 Å². The normalized spacial score (nSPS) is 15.0. The van der Waals surface area contributed by atoms with Gasteiger partial charge in [0.1, 0.15) is 5.75 Å². The van der Waals surface area contributed by atoms with Crippen LogP contribution in [0.25, 0.3) is 0 Å². The fourth-order valence-corrected chi connectivity index (χ4v) is 3.25. The third-order valence-electron chi connectivity index (χ3n) is 4.69. The minimum absolute atomic E-state index is 0. The molecule has 1 fully saturated rings. The number of likely N-dealkylation sites (tertiary alicyclic amines) is 1. The summed E-state index contributed by atoms with van der Waals surface area (Å²) in [5.41, 5.74) is 1.24. The van der Waals surface area contributed by atoms with Crippen LogP contribution in [0.5, 0.6) is 5.75 Å². The van der Waals surface area contributed by atoms with Crippen LogP contribution in [0.15, 0.2) is 29.3 Å². The Morgan fingerprint density at radius 1 is 1.29 bits per heavy atom. The van der Waals surface area contributed by atoms with E-state index in [1.165, 1.54) is 5.56 Å². The first kappa shape index (κ1) is 24.5. The van der Waals surface area contributed by atoms with Crippen molar-refractivity contribution in [1.29, 1.82) is 0 Å². The molecule has 1 N–H and O–H groups in total. The number of halogens is 1. The van der Waals surface area contributed by atoms with Crippen molar-refractivity contribution in [3.05, 3.63) is 29.8 Å². The molecule has 6 nitrogen and oxygen atoms in total. The van der Waals surface area contributed by atoms with Gasteiger partial charge in [-0.25, -0.2) is 0 Å². The highest BCUT2D eigenvalue weighted by Crippen LogP contribution is 2.19. The van der Waals surface area contributed by atoms with Crippen molar-refractivity contribution in [1.82, 2.24) is 10.2 Å². The van der Waals surface area contributed by atoms with Gasteiger partial charge in [0.05, 0.1) is 19.1 Å². The van der Waals surface area contributed by atoms with E-state index in [1.54, 1.807) is 7.05 Å². The summed E-state index contributed by atoms with van der Waals surface area (Å²) < 4.78 is 10.8. The molecule has 158 valence electrons. The first-order valence-electron chi connectivity index (χ1n) is 10.0. The van der Waals surface area contributed by atoms with Crippen molar-refractivity contribution < 1.29 is 14.3 Å². The number of ether oxygens (including phenoxy) is 2. The second kappa shape index (κ2) is 13.6. The van der Waals surface area contributed by atoms with Crippen LogP contribution in [-0.2, 0) is 16.0 Å². The Kier molecular flexibility index (Phi) is 11.9. The predicted octanol–water partition coefficient (Wildman–Crippen LogP) is 3.49. The van der Waals surface area contributed by atoms with Gasteiger partial charge in [0, 0.05) is 26.7 Å². The number of guanidine groups is 1. The Morgan fingerprint density at radius 2 is 2.04 bits per heavy atom. The molecule has 0 amide bonds. The van der Waals surface area contributed by atoms with Gasteiger partial charge in [-0.05, 0) is 50.3 Å². The van der Waals surface area contributed by atoms with E-state index in [4.69, 9.17) is 9.47 Å². The van der Waals surface area contributed by atoms with Gasteiger partial charge in [0.15, 0.2) is 5.96 Å². The number of rotatable bonds is 8. The topological polar surface area (TPSA) is 63.2 Å². The molecule has 28 heavy (non-hydrogen) atoms. The van der Waals surface area contributed by atoms with Crippen LogP contribution in [0.3, 0.4) is 0 Å². The summed E-state index contributed by atoms with van der Waals surface area (Å²) in [6.45, 7) is 7.61. The van der Waals surface area contributed by atoms with Gasteiger partial charge in [-0.3, -0.25) is 9.79 Å². The summed E-state index contributed by atoms with van der Waals surface area (Å²) in [7, 11) is 1.80.